The molecule has 1 fully saturated rings. The van der Waals surface area contributed by atoms with Crippen LogP contribution in [0.25, 0.3) is 0 Å². The van der Waals surface area contributed by atoms with Gasteiger partial charge in [0.2, 0.25) is 0 Å². The first-order valence-electron chi connectivity index (χ1n) is 4.95. The van der Waals surface area contributed by atoms with Crippen molar-refractivity contribution in [2.75, 3.05) is 27.9 Å². The Bertz CT molecular complexity index is 208. The predicted octanol–water partition coefficient (Wildman–Crippen LogP) is -0.508. The number of hydrogen-bond acceptors (Lipinski definition) is 6. The van der Waals surface area contributed by atoms with E-state index in [1.807, 2.05) is 0 Å². The van der Waals surface area contributed by atoms with Crippen molar-refractivity contribution in [1.29, 1.82) is 0 Å². The lowest BCUT2D eigenvalue weighted by molar-refractivity contribution is -0.297. The Morgan fingerprint density at radius 2 is 1.81 bits per heavy atom. The van der Waals surface area contributed by atoms with Gasteiger partial charge in [0.15, 0.2) is 6.29 Å². The predicted molar refractivity (Wildman–Crippen MR) is 57.1 cm³/mol. The van der Waals surface area contributed by atoms with Crippen LogP contribution in [0, 0.1) is 0 Å². The number of aliphatic hydroxyl groups excluding tert-OH is 1. The highest BCUT2D eigenvalue weighted by Crippen LogP contribution is 2.25. The average molecular weight is 256 g/mol. The third-order valence-corrected chi connectivity index (χ3v) is 2.83. The Hall–Kier alpha value is 0.0500. The molecule has 0 radical (unpaired) electrons. The van der Waals surface area contributed by atoms with Gasteiger partial charge >= 0.3 is 0 Å². The maximum Gasteiger partial charge on any atom is 0.186 e. The van der Waals surface area contributed by atoms with Crippen molar-refractivity contribution in [2.45, 2.75) is 30.7 Å². The van der Waals surface area contributed by atoms with Crippen LogP contribution in [0.15, 0.2) is 0 Å². The summed E-state index contributed by atoms with van der Waals surface area (Å²) >= 11 is 5.40. The molecule has 0 spiro atoms. The number of halogens is 1. The second kappa shape index (κ2) is 6.70. The van der Waals surface area contributed by atoms with Crippen LogP contribution in [-0.4, -0.2) is 63.7 Å². The first-order valence-corrected chi connectivity index (χ1v) is 5.32. The van der Waals surface area contributed by atoms with Crippen molar-refractivity contribution in [3.8, 4) is 0 Å². The molecular weight excluding hydrogens is 238 g/mol. The van der Waals surface area contributed by atoms with Crippen molar-refractivity contribution in [3.05, 3.63) is 0 Å². The number of aliphatic hydroxyl groups is 1. The number of ether oxygens (including phenoxy) is 4. The number of methoxy groups -OCH3 is 3. The van der Waals surface area contributed by atoms with E-state index >= 15 is 0 Å². The highest BCUT2D eigenvalue weighted by Gasteiger charge is 2.45. The topological polar surface area (TPSA) is 69.2 Å². The summed E-state index contributed by atoms with van der Waals surface area (Å²) in [5.41, 5.74) is 0. The molecule has 5 atom stereocenters. The normalized spacial score (nSPS) is 39.9. The molecule has 1 rings (SSSR count). The molecule has 2 N–H and O–H groups in total. The van der Waals surface area contributed by atoms with Gasteiger partial charge in [0.25, 0.3) is 0 Å². The molecule has 1 aliphatic heterocycles. The van der Waals surface area contributed by atoms with E-state index in [9.17, 15) is 5.11 Å². The van der Waals surface area contributed by atoms with E-state index in [4.69, 9.17) is 30.7 Å². The first kappa shape index (κ1) is 14.1. The molecule has 1 aliphatic rings. The lowest BCUT2D eigenvalue weighted by Crippen LogP contribution is -2.60. The SMILES string of the molecule is COC1[C@@H](OC)OC(CNCl)[C@H](O)[C@@H]1OC. The number of nitrogens with one attached hydrogen (secondary N) is 1. The monoisotopic (exact) mass is 255 g/mol. The minimum Gasteiger partial charge on any atom is -0.388 e. The third-order valence-electron chi connectivity index (χ3n) is 2.67. The van der Waals surface area contributed by atoms with Gasteiger partial charge in [-0.15, -0.1) is 0 Å². The molecule has 2 unspecified atom stereocenters. The molecule has 0 aromatic rings. The maximum absolute atomic E-state index is 9.99. The summed E-state index contributed by atoms with van der Waals surface area (Å²) in [6.45, 7) is 0.291. The Kier molecular flexibility index (Phi) is 5.91. The quantitative estimate of drug-likeness (QED) is 0.645. The van der Waals surface area contributed by atoms with Gasteiger partial charge in [0, 0.05) is 27.9 Å². The molecular formula is C9H18ClNO5. The minimum absolute atomic E-state index is 0.291. The molecule has 0 aliphatic carbocycles. The zero-order valence-corrected chi connectivity index (χ0v) is 10.3. The van der Waals surface area contributed by atoms with Gasteiger partial charge < -0.3 is 24.1 Å². The second-order valence-corrected chi connectivity index (χ2v) is 3.77. The van der Waals surface area contributed by atoms with Gasteiger partial charge in [-0.1, -0.05) is 0 Å². The van der Waals surface area contributed by atoms with E-state index in [1.54, 1.807) is 0 Å². The molecule has 0 aromatic heterocycles. The fourth-order valence-corrected chi connectivity index (χ4v) is 2.00. The van der Waals surface area contributed by atoms with Crippen molar-refractivity contribution in [1.82, 2.24) is 4.84 Å². The van der Waals surface area contributed by atoms with E-state index in [1.165, 1.54) is 21.3 Å². The van der Waals surface area contributed by atoms with E-state index in [2.05, 4.69) is 4.84 Å². The maximum atomic E-state index is 9.99. The first-order chi connectivity index (χ1) is 7.69. The Labute approximate surface area is 99.9 Å². The van der Waals surface area contributed by atoms with Crippen LogP contribution in [0.5, 0.6) is 0 Å². The van der Waals surface area contributed by atoms with Crippen LogP contribution in [0.2, 0.25) is 0 Å². The lowest BCUT2D eigenvalue weighted by Gasteiger charge is -2.42. The van der Waals surface area contributed by atoms with Gasteiger partial charge in [0.05, 0.1) is 0 Å². The van der Waals surface area contributed by atoms with Gasteiger partial charge in [-0.25, -0.2) is 4.84 Å². The van der Waals surface area contributed by atoms with Gasteiger partial charge in [-0.3, -0.25) is 0 Å². The fraction of sp³-hybridized carbons (Fsp3) is 1.00. The van der Waals surface area contributed by atoms with Crippen LogP contribution in [0.4, 0.5) is 0 Å². The average Bonchev–Trinajstić information content (AvgIpc) is 2.31. The summed E-state index contributed by atoms with van der Waals surface area (Å²) in [7, 11) is 4.52. The largest absolute Gasteiger partial charge is 0.388 e. The van der Waals surface area contributed by atoms with Gasteiger partial charge in [-0.2, -0.15) is 0 Å². The van der Waals surface area contributed by atoms with Crippen molar-refractivity contribution >= 4 is 11.8 Å². The van der Waals surface area contributed by atoms with E-state index in [-0.39, 0.29) is 0 Å². The molecule has 0 amide bonds. The molecule has 6 nitrogen and oxygen atoms in total. The summed E-state index contributed by atoms with van der Waals surface area (Å²) in [4.78, 5) is 2.43. The Morgan fingerprint density at radius 1 is 1.19 bits per heavy atom. The van der Waals surface area contributed by atoms with Gasteiger partial charge in [-0.05, 0) is 11.8 Å². The molecule has 0 saturated carbocycles. The van der Waals surface area contributed by atoms with Gasteiger partial charge in [0.1, 0.15) is 24.4 Å². The highest BCUT2D eigenvalue weighted by molar-refractivity contribution is 6.13. The molecule has 96 valence electrons. The molecule has 1 heterocycles. The van der Waals surface area contributed by atoms with E-state index < -0.39 is 30.7 Å². The summed E-state index contributed by atoms with van der Waals surface area (Å²) in [6.07, 6.45) is -2.91. The van der Waals surface area contributed by atoms with Crippen LogP contribution in [0.3, 0.4) is 0 Å². The zero-order chi connectivity index (χ0) is 12.1. The van der Waals surface area contributed by atoms with Crippen LogP contribution in [-0.2, 0) is 18.9 Å². The van der Waals surface area contributed by atoms with Crippen LogP contribution in [0.1, 0.15) is 0 Å². The van der Waals surface area contributed by atoms with Crippen LogP contribution >= 0.6 is 11.8 Å². The van der Waals surface area contributed by atoms with E-state index in [0.29, 0.717) is 6.54 Å². The van der Waals surface area contributed by atoms with E-state index in [0.717, 1.165) is 0 Å². The van der Waals surface area contributed by atoms with Crippen molar-refractivity contribution in [2.24, 2.45) is 0 Å². The standard InChI is InChI=1S/C9H18ClNO5/c1-13-7-6(12)5(4-11-10)16-9(15-3)8(7)14-2/h5-9,11-12H,4H2,1-3H3/t5?,6-,7-,8?,9-/m0/s1. The Balaban J connectivity index is 2.76. The molecule has 0 aromatic carbocycles. The number of rotatable bonds is 5. The zero-order valence-electron chi connectivity index (χ0n) is 9.55. The fourth-order valence-electron chi connectivity index (χ4n) is 1.84. The lowest BCUT2D eigenvalue weighted by atomic mass is 9.98. The minimum atomic E-state index is -0.826. The second-order valence-electron chi connectivity index (χ2n) is 3.51. The molecule has 0 bridgehead atoms. The summed E-state index contributed by atoms with van der Waals surface area (Å²) < 4.78 is 21.1. The number of hydrogen-bond donors (Lipinski definition) is 2. The highest BCUT2D eigenvalue weighted by atomic mass is 35.5. The molecule has 1 saturated heterocycles. The molecule has 7 heteroatoms. The summed E-state index contributed by atoms with van der Waals surface area (Å²) in [5.74, 6) is 0. The van der Waals surface area contributed by atoms with Crippen LogP contribution < -0.4 is 4.84 Å². The molecule has 16 heavy (non-hydrogen) atoms. The van der Waals surface area contributed by atoms with Crippen molar-refractivity contribution < 1.29 is 24.1 Å². The summed E-state index contributed by atoms with van der Waals surface area (Å²) in [5, 5.41) is 9.99. The smallest absolute Gasteiger partial charge is 0.186 e. The summed E-state index contributed by atoms with van der Waals surface area (Å²) in [6, 6.07) is 0. The third kappa shape index (κ3) is 2.84. The van der Waals surface area contributed by atoms with Crippen molar-refractivity contribution in [3.63, 3.8) is 0 Å². The Morgan fingerprint density at radius 3 is 2.25 bits per heavy atom.